The SMILES string of the molecule is Cc1cc(C)c2ccc(CNc3ccc(Br)cc3)nc2c1O. The predicted molar refractivity (Wildman–Crippen MR) is 94.4 cm³/mol. The van der Waals surface area contributed by atoms with Crippen molar-refractivity contribution in [2.45, 2.75) is 20.4 Å². The van der Waals surface area contributed by atoms with Crippen molar-refractivity contribution in [1.82, 2.24) is 4.98 Å². The Kier molecular flexibility index (Phi) is 4.03. The number of pyridine rings is 1. The van der Waals surface area contributed by atoms with Crippen LogP contribution in [0.2, 0.25) is 0 Å². The van der Waals surface area contributed by atoms with E-state index in [2.05, 4.69) is 26.2 Å². The van der Waals surface area contributed by atoms with Gasteiger partial charge >= 0.3 is 0 Å². The molecule has 0 unspecified atom stereocenters. The van der Waals surface area contributed by atoms with E-state index in [0.29, 0.717) is 12.1 Å². The Morgan fingerprint density at radius 1 is 1.05 bits per heavy atom. The molecule has 0 atom stereocenters. The van der Waals surface area contributed by atoms with Gasteiger partial charge in [0.05, 0.1) is 12.2 Å². The molecule has 3 rings (SSSR count). The Morgan fingerprint density at radius 2 is 1.77 bits per heavy atom. The third-order valence-corrected chi connectivity index (χ3v) is 4.26. The molecule has 0 bridgehead atoms. The smallest absolute Gasteiger partial charge is 0.144 e. The minimum Gasteiger partial charge on any atom is -0.505 e. The van der Waals surface area contributed by atoms with Gasteiger partial charge in [-0.05, 0) is 55.3 Å². The Bertz CT molecular complexity index is 829. The summed E-state index contributed by atoms with van der Waals surface area (Å²) >= 11 is 3.42. The molecule has 3 aromatic rings. The Balaban J connectivity index is 1.88. The van der Waals surface area contributed by atoms with E-state index in [1.54, 1.807) is 0 Å². The van der Waals surface area contributed by atoms with Gasteiger partial charge in [0.2, 0.25) is 0 Å². The van der Waals surface area contributed by atoms with Crippen LogP contribution in [-0.4, -0.2) is 10.1 Å². The molecule has 0 radical (unpaired) electrons. The molecule has 3 nitrogen and oxygen atoms in total. The monoisotopic (exact) mass is 356 g/mol. The largest absolute Gasteiger partial charge is 0.505 e. The number of nitrogens with one attached hydrogen (secondary N) is 1. The number of fused-ring (bicyclic) bond motifs is 1. The van der Waals surface area contributed by atoms with Crippen LogP contribution in [0.25, 0.3) is 10.9 Å². The lowest BCUT2D eigenvalue weighted by atomic mass is 10.0. The number of hydrogen-bond acceptors (Lipinski definition) is 3. The van der Waals surface area contributed by atoms with Crippen molar-refractivity contribution in [3.8, 4) is 5.75 Å². The standard InChI is InChI=1S/C18H17BrN2O/c1-11-9-12(2)18(22)17-16(11)8-7-15(21-17)10-20-14-5-3-13(19)4-6-14/h3-9,20,22H,10H2,1-2H3. The molecular formula is C18H17BrN2O. The molecule has 0 aliphatic rings. The summed E-state index contributed by atoms with van der Waals surface area (Å²) in [6, 6.07) is 14.0. The molecule has 0 fully saturated rings. The van der Waals surface area contributed by atoms with Crippen molar-refractivity contribution < 1.29 is 5.11 Å². The average molecular weight is 357 g/mol. The summed E-state index contributed by atoms with van der Waals surface area (Å²) < 4.78 is 1.05. The Morgan fingerprint density at radius 3 is 2.50 bits per heavy atom. The van der Waals surface area contributed by atoms with Gasteiger partial charge in [0, 0.05) is 15.5 Å². The highest BCUT2D eigenvalue weighted by Gasteiger charge is 2.09. The van der Waals surface area contributed by atoms with Gasteiger partial charge in [-0.2, -0.15) is 0 Å². The van der Waals surface area contributed by atoms with Gasteiger partial charge in [-0.3, -0.25) is 0 Å². The summed E-state index contributed by atoms with van der Waals surface area (Å²) in [6.45, 7) is 4.55. The van der Waals surface area contributed by atoms with E-state index in [1.807, 2.05) is 56.3 Å². The first-order valence-corrected chi connectivity index (χ1v) is 7.92. The third-order valence-electron chi connectivity index (χ3n) is 3.73. The predicted octanol–water partition coefficient (Wildman–Crippen LogP) is 4.93. The van der Waals surface area contributed by atoms with Gasteiger partial charge in [0.15, 0.2) is 0 Å². The van der Waals surface area contributed by atoms with Gasteiger partial charge < -0.3 is 10.4 Å². The molecule has 1 aromatic heterocycles. The minimum absolute atomic E-state index is 0.270. The lowest BCUT2D eigenvalue weighted by molar-refractivity contribution is 0.476. The molecule has 0 aliphatic heterocycles. The third kappa shape index (κ3) is 2.92. The molecule has 2 aromatic carbocycles. The molecule has 0 saturated carbocycles. The maximum atomic E-state index is 10.2. The number of aromatic hydroxyl groups is 1. The van der Waals surface area contributed by atoms with Crippen molar-refractivity contribution in [2.24, 2.45) is 0 Å². The van der Waals surface area contributed by atoms with Crippen LogP contribution in [0.15, 0.2) is 46.9 Å². The molecule has 0 spiro atoms. The fraction of sp³-hybridized carbons (Fsp3) is 0.167. The Labute approximate surface area is 138 Å². The number of benzene rings is 2. The first-order chi connectivity index (χ1) is 10.5. The van der Waals surface area contributed by atoms with Gasteiger partial charge in [-0.15, -0.1) is 0 Å². The summed E-state index contributed by atoms with van der Waals surface area (Å²) in [7, 11) is 0. The van der Waals surface area contributed by atoms with E-state index in [1.165, 1.54) is 0 Å². The number of nitrogens with zero attached hydrogens (tertiary/aromatic N) is 1. The highest BCUT2D eigenvalue weighted by molar-refractivity contribution is 9.10. The second-order valence-corrected chi connectivity index (χ2v) is 6.33. The number of rotatable bonds is 3. The molecular weight excluding hydrogens is 340 g/mol. The number of aryl methyl sites for hydroxylation is 2. The van der Waals surface area contributed by atoms with Crippen molar-refractivity contribution in [3.63, 3.8) is 0 Å². The lowest BCUT2D eigenvalue weighted by Crippen LogP contribution is -2.02. The number of phenolic OH excluding ortho intramolecular Hbond substituents is 1. The van der Waals surface area contributed by atoms with Crippen LogP contribution < -0.4 is 5.32 Å². The number of halogens is 1. The van der Waals surface area contributed by atoms with E-state index >= 15 is 0 Å². The highest BCUT2D eigenvalue weighted by Crippen LogP contribution is 2.29. The fourth-order valence-electron chi connectivity index (χ4n) is 2.51. The van der Waals surface area contributed by atoms with Gasteiger partial charge in [-0.25, -0.2) is 4.98 Å². The van der Waals surface area contributed by atoms with Crippen LogP contribution in [0.3, 0.4) is 0 Å². The maximum absolute atomic E-state index is 10.2. The number of phenols is 1. The van der Waals surface area contributed by atoms with Crippen molar-refractivity contribution >= 4 is 32.5 Å². The number of hydrogen-bond donors (Lipinski definition) is 2. The molecule has 22 heavy (non-hydrogen) atoms. The zero-order valence-electron chi connectivity index (χ0n) is 12.5. The Hall–Kier alpha value is -2.07. The van der Waals surface area contributed by atoms with Gasteiger partial charge in [-0.1, -0.05) is 28.1 Å². The molecule has 112 valence electrons. The molecule has 2 N–H and O–H groups in total. The molecule has 4 heteroatoms. The molecule has 1 heterocycles. The van der Waals surface area contributed by atoms with E-state index < -0.39 is 0 Å². The van der Waals surface area contributed by atoms with Gasteiger partial charge in [0.25, 0.3) is 0 Å². The minimum atomic E-state index is 0.270. The van der Waals surface area contributed by atoms with Crippen LogP contribution in [0.5, 0.6) is 5.75 Å². The second-order valence-electron chi connectivity index (χ2n) is 5.42. The zero-order chi connectivity index (χ0) is 15.7. The molecule has 0 amide bonds. The number of aromatic nitrogens is 1. The fourth-order valence-corrected chi connectivity index (χ4v) is 2.78. The van der Waals surface area contributed by atoms with Crippen LogP contribution in [-0.2, 0) is 6.54 Å². The quantitative estimate of drug-likeness (QED) is 0.699. The summed E-state index contributed by atoms with van der Waals surface area (Å²) in [5.41, 5.74) is 4.60. The second kappa shape index (κ2) is 5.97. The van der Waals surface area contributed by atoms with Crippen molar-refractivity contribution in [2.75, 3.05) is 5.32 Å². The van der Waals surface area contributed by atoms with Gasteiger partial charge in [0.1, 0.15) is 11.3 Å². The van der Waals surface area contributed by atoms with E-state index in [4.69, 9.17) is 0 Å². The summed E-state index contributed by atoms with van der Waals surface area (Å²) in [5, 5.41) is 14.6. The zero-order valence-corrected chi connectivity index (χ0v) is 14.1. The van der Waals surface area contributed by atoms with Crippen LogP contribution in [0.1, 0.15) is 16.8 Å². The lowest BCUT2D eigenvalue weighted by Gasteiger charge is -2.10. The van der Waals surface area contributed by atoms with Crippen molar-refractivity contribution in [3.05, 3.63) is 63.8 Å². The summed E-state index contributed by atoms with van der Waals surface area (Å²) in [5.74, 6) is 0.270. The van der Waals surface area contributed by atoms with E-state index in [-0.39, 0.29) is 5.75 Å². The first-order valence-electron chi connectivity index (χ1n) is 7.13. The van der Waals surface area contributed by atoms with Crippen LogP contribution >= 0.6 is 15.9 Å². The van der Waals surface area contributed by atoms with Crippen molar-refractivity contribution in [1.29, 1.82) is 0 Å². The van der Waals surface area contributed by atoms with E-state index in [9.17, 15) is 5.11 Å². The normalized spacial score (nSPS) is 10.9. The first kappa shape index (κ1) is 14.9. The summed E-state index contributed by atoms with van der Waals surface area (Å²) in [4.78, 5) is 4.61. The average Bonchev–Trinajstić information content (AvgIpc) is 2.52. The number of anilines is 1. The molecule has 0 saturated heterocycles. The summed E-state index contributed by atoms with van der Waals surface area (Å²) in [6.07, 6.45) is 0. The molecule has 0 aliphatic carbocycles. The van der Waals surface area contributed by atoms with E-state index in [0.717, 1.165) is 32.4 Å². The highest BCUT2D eigenvalue weighted by atomic mass is 79.9. The maximum Gasteiger partial charge on any atom is 0.144 e. The van der Waals surface area contributed by atoms with Crippen LogP contribution in [0.4, 0.5) is 5.69 Å². The van der Waals surface area contributed by atoms with Crippen LogP contribution in [0, 0.1) is 13.8 Å². The topological polar surface area (TPSA) is 45.2 Å².